The van der Waals surface area contributed by atoms with E-state index in [-0.39, 0.29) is 12.5 Å². The first-order valence-corrected chi connectivity index (χ1v) is 7.48. The van der Waals surface area contributed by atoms with Crippen LogP contribution in [0.5, 0.6) is 0 Å². The Hall–Kier alpha value is -2.31. The second-order valence-electron chi connectivity index (χ2n) is 5.37. The van der Waals surface area contributed by atoms with Crippen molar-refractivity contribution in [3.63, 3.8) is 0 Å². The van der Waals surface area contributed by atoms with Crippen LogP contribution in [-0.4, -0.2) is 59.7 Å². The highest BCUT2D eigenvalue weighted by Crippen LogP contribution is 2.19. The first-order valence-electron chi connectivity index (χ1n) is 7.48. The Kier molecular flexibility index (Phi) is 5.57. The fraction of sp³-hybridized carbons (Fsp3) is 0.533. The zero-order chi connectivity index (χ0) is 15.9. The first-order chi connectivity index (χ1) is 10.6. The average Bonchev–Trinajstić information content (AvgIpc) is 2.52. The summed E-state index contributed by atoms with van der Waals surface area (Å²) < 4.78 is 0. The molecule has 120 valence electrons. The highest BCUT2D eigenvalue weighted by atomic mass is 16.4. The van der Waals surface area contributed by atoms with Crippen LogP contribution in [0.4, 0.5) is 10.5 Å². The Bertz CT molecular complexity index is 527. The number of carbonyl (C=O) groups is 2. The molecular formula is C15H22N4O3. The van der Waals surface area contributed by atoms with Gasteiger partial charge in [-0.15, -0.1) is 0 Å². The van der Waals surface area contributed by atoms with Crippen LogP contribution in [-0.2, 0) is 4.79 Å². The Balaban J connectivity index is 1.76. The number of aliphatic carboxylic acids is 1. The molecule has 1 aliphatic rings. The van der Waals surface area contributed by atoms with Crippen LogP contribution in [0.2, 0.25) is 0 Å². The molecular weight excluding hydrogens is 284 g/mol. The number of nitrogens with one attached hydrogen (secondary N) is 1. The van der Waals surface area contributed by atoms with Crippen molar-refractivity contribution >= 4 is 17.7 Å². The minimum absolute atomic E-state index is 0.0777. The largest absolute Gasteiger partial charge is 0.481 e. The van der Waals surface area contributed by atoms with Crippen molar-refractivity contribution in [2.24, 2.45) is 0 Å². The monoisotopic (exact) mass is 306 g/mol. The fourth-order valence-corrected chi connectivity index (χ4v) is 2.48. The Morgan fingerprint density at radius 1 is 1.32 bits per heavy atom. The van der Waals surface area contributed by atoms with Gasteiger partial charge in [0.15, 0.2) is 0 Å². The molecule has 0 unspecified atom stereocenters. The van der Waals surface area contributed by atoms with Crippen molar-refractivity contribution in [1.29, 1.82) is 0 Å². The average molecular weight is 306 g/mol. The molecule has 2 N–H and O–H groups in total. The number of hydrogen-bond acceptors (Lipinski definition) is 4. The number of carboxylic acids is 1. The van der Waals surface area contributed by atoms with E-state index < -0.39 is 5.97 Å². The molecule has 1 fully saturated rings. The van der Waals surface area contributed by atoms with Crippen molar-refractivity contribution in [2.45, 2.75) is 19.8 Å². The molecule has 1 saturated heterocycles. The number of pyridine rings is 1. The zero-order valence-corrected chi connectivity index (χ0v) is 12.8. The Morgan fingerprint density at radius 3 is 2.68 bits per heavy atom. The van der Waals surface area contributed by atoms with E-state index in [2.05, 4.69) is 22.1 Å². The lowest BCUT2D eigenvalue weighted by atomic mass is 10.2. The third-order valence-corrected chi connectivity index (χ3v) is 3.76. The van der Waals surface area contributed by atoms with Crippen LogP contribution >= 0.6 is 0 Å². The summed E-state index contributed by atoms with van der Waals surface area (Å²) in [5.74, 6) is -0.838. The summed E-state index contributed by atoms with van der Waals surface area (Å²) in [7, 11) is 0. The minimum Gasteiger partial charge on any atom is -0.481 e. The quantitative estimate of drug-likeness (QED) is 0.795. The molecule has 2 rings (SSSR count). The lowest BCUT2D eigenvalue weighted by molar-refractivity contribution is -0.137. The van der Waals surface area contributed by atoms with Gasteiger partial charge in [0.1, 0.15) is 0 Å². The normalized spacial score (nSPS) is 14.8. The molecule has 1 aromatic rings. The molecule has 2 amide bonds. The van der Waals surface area contributed by atoms with Crippen molar-refractivity contribution in [3.8, 4) is 0 Å². The Labute approximate surface area is 129 Å². The lowest BCUT2D eigenvalue weighted by Crippen LogP contribution is -2.52. The first kappa shape index (κ1) is 16.1. The van der Waals surface area contributed by atoms with Gasteiger partial charge in [0.05, 0.1) is 11.9 Å². The number of urea groups is 1. The van der Waals surface area contributed by atoms with Crippen LogP contribution < -0.4 is 10.2 Å². The highest BCUT2D eigenvalue weighted by molar-refractivity contribution is 5.74. The minimum atomic E-state index is -0.838. The fourth-order valence-electron chi connectivity index (χ4n) is 2.48. The van der Waals surface area contributed by atoms with Gasteiger partial charge in [-0.25, -0.2) is 4.79 Å². The van der Waals surface area contributed by atoms with Gasteiger partial charge in [0.25, 0.3) is 0 Å². The Morgan fingerprint density at radius 2 is 2.05 bits per heavy atom. The summed E-state index contributed by atoms with van der Waals surface area (Å²) in [6, 6.07) is 1.87. The third kappa shape index (κ3) is 4.34. The number of aryl methyl sites for hydroxylation is 1. The number of rotatable bonds is 5. The number of nitrogens with zero attached hydrogens (tertiary/aromatic N) is 3. The van der Waals surface area contributed by atoms with Crippen LogP contribution in [0, 0.1) is 6.92 Å². The number of amides is 2. The van der Waals surface area contributed by atoms with E-state index in [4.69, 9.17) is 5.11 Å². The smallest absolute Gasteiger partial charge is 0.317 e. The molecule has 0 bridgehead atoms. The molecule has 0 radical (unpaired) electrons. The van der Waals surface area contributed by atoms with Crippen molar-refractivity contribution in [3.05, 3.63) is 24.0 Å². The number of piperazine rings is 1. The van der Waals surface area contributed by atoms with Crippen molar-refractivity contribution < 1.29 is 14.7 Å². The maximum Gasteiger partial charge on any atom is 0.317 e. The van der Waals surface area contributed by atoms with Gasteiger partial charge in [-0.2, -0.15) is 0 Å². The summed E-state index contributed by atoms with van der Waals surface area (Å²) in [4.78, 5) is 30.6. The predicted molar refractivity (Wildman–Crippen MR) is 83.0 cm³/mol. The number of hydrogen-bond donors (Lipinski definition) is 2. The highest BCUT2D eigenvalue weighted by Gasteiger charge is 2.21. The van der Waals surface area contributed by atoms with Crippen LogP contribution in [0.15, 0.2) is 18.5 Å². The van der Waals surface area contributed by atoms with Gasteiger partial charge < -0.3 is 20.2 Å². The summed E-state index contributed by atoms with van der Waals surface area (Å²) in [5.41, 5.74) is 2.30. The molecule has 7 heteroatoms. The van der Waals surface area contributed by atoms with E-state index >= 15 is 0 Å². The van der Waals surface area contributed by atoms with Gasteiger partial charge in [0, 0.05) is 45.3 Å². The van der Waals surface area contributed by atoms with Gasteiger partial charge >= 0.3 is 12.0 Å². The number of aromatic nitrogens is 1. The summed E-state index contributed by atoms with van der Waals surface area (Å²) in [6.07, 6.45) is 4.17. The van der Waals surface area contributed by atoms with E-state index in [0.717, 1.165) is 18.8 Å². The standard InChI is InChI=1S/C15H22N4O3/c1-12-4-6-16-11-13(12)18-7-9-19(10-8-18)15(22)17-5-2-3-14(20)21/h4,6,11H,2-3,5,7-10H2,1H3,(H,17,22)(H,20,21). The molecule has 1 aliphatic heterocycles. The lowest BCUT2D eigenvalue weighted by Gasteiger charge is -2.36. The van der Waals surface area contributed by atoms with Gasteiger partial charge in [-0.3, -0.25) is 9.78 Å². The molecule has 0 aliphatic carbocycles. The number of anilines is 1. The second-order valence-corrected chi connectivity index (χ2v) is 5.37. The molecule has 2 heterocycles. The summed E-state index contributed by atoms with van der Waals surface area (Å²) >= 11 is 0. The molecule has 7 nitrogen and oxygen atoms in total. The molecule has 0 atom stereocenters. The molecule has 22 heavy (non-hydrogen) atoms. The maximum atomic E-state index is 12.0. The van der Waals surface area contributed by atoms with Gasteiger partial charge in [-0.05, 0) is 25.0 Å². The van der Waals surface area contributed by atoms with Gasteiger partial charge in [0.2, 0.25) is 0 Å². The third-order valence-electron chi connectivity index (χ3n) is 3.76. The molecule has 0 spiro atoms. The molecule has 1 aromatic heterocycles. The number of carboxylic acid groups (broad SMARTS) is 1. The van der Waals surface area contributed by atoms with Gasteiger partial charge in [-0.1, -0.05) is 0 Å². The van der Waals surface area contributed by atoms with Crippen molar-refractivity contribution in [1.82, 2.24) is 15.2 Å². The summed E-state index contributed by atoms with van der Waals surface area (Å²) in [6.45, 7) is 5.30. The maximum absolute atomic E-state index is 12.0. The molecule has 0 aromatic carbocycles. The zero-order valence-electron chi connectivity index (χ0n) is 12.8. The van der Waals surface area contributed by atoms with E-state index in [0.29, 0.717) is 26.1 Å². The topological polar surface area (TPSA) is 85.8 Å². The second kappa shape index (κ2) is 7.63. The van der Waals surface area contributed by atoms with E-state index in [9.17, 15) is 9.59 Å². The summed E-state index contributed by atoms with van der Waals surface area (Å²) in [5, 5.41) is 11.3. The van der Waals surface area contributed by atoms with E-state index in [1.165, 1.54) is 5.56 Å². The number of carbonyl (C=O) groups excluding carboxylic acids is 1. The van der Waals surface area contributed by atoms with E-state index in [1.807, 2.05) is 12.3 Å². The van der Waals surface area contributed by atoms with E-state index in [1.54, 1.807) is 11.1 Å². The van der Waals surface area contributed by atoms with Crippen LogP contribution in [0.1, 0.15) is 18.4 Å². The van der Waals surface area contributed by atoms with Crippen molar-refractivity contribution in [2.75, 3.05) is 37.6 Å². The SMILES string of the molecule is Cc1ccncc1N1CCN(C(=O)NCCCC(=O)O)CC1. The molecule has 0 saturated carbocycles. The predicted octanol–water partition coefficient (Wildman–Crippen LogP) is 1.09. The van der Waals surface area contributed by atoms with Crippen LogP contribution in [0.3, 0.4) is 0 Å². The van der Waals surface area contributed by atoms with Crippen LogP contribution in [0.25, 0.3) is 0 Å².